The van der Waals surface area contributed by atoms with Crippen LogP contribution in [0.15, 0.2) is 24.3 Å². The smallest absolute Gasteiger partial charge is 0.303 e. The maximum atomic E-state index is 10.5. The van der Waals surface area contributed by atoms with E-state index in [1.165, 1.54) is 12.8 Å². The predicted molar refractivity (Wildman–Crippen MR) is 108 cm³/mol. The number of allylic oxidation sites excluding steroid dienone is 3. The second kappa shape index (κ2) is 14.8. The van der Waals surface area contributed by atoms with Crippen molar-refractivity contribution in [3.05, 3.63) is 24.3 Å². The molecule has 0 aromatic rings. The Balaban J connectivity index is 2.27. The van der Waals surface area contributed by atoms with Crippen molar-refractivity contribution in [1.82, 2.24) is 0 Å². The maximum absolute atomic E-state index is 10.5. The minimum absolute atomic E-state index is 0.00150. The Morgan fingerprint density at radius 1 is 1.00 bits per heavy atom. The number of ether oxygens (including phenoxy) is 1. The molecular weight excluding hydrogens is 344 g/mol. The van der Waals surface area contributed by atoms with E-state index in [1.54, 1.807) is 0 Å². The molecule has 0 aromatic carbocycles. The Morgan fingerprint density at radius 3 is 2.48 bits per heavy atom. The highest BCUT2D eigenvalue weighted by molar-refractivity contribution is 5.66. The molecule has 0 radical (unpaired) electrons. The fourth-order valence-electron chi connectivity index (χ4n) is 3.67. The van der Waals surface area contributed by atoms with Crippen molar-refractivity contribution >= 4 is 5.97 Å². The van der Waals surface area contributed by atoms with Crippen LogP contribution in [0.2, 0.25) is 0 Å². The van der Waals surface area contributed by atoms with E-state index in [9.17, 15) is 15.0 Å². The quantitative estimate of drug-likeness (QED) is 0.293. The fraction of sp³-hybridized carbons (Fsp3) is 0.773. The molecular formula is C22H38O5. The summed E-state index contributed by atoms with van der Waals surface area (Å²) in [5.41, 5.74) is 0. The number of hydrogen-bond donors (Lipinski definition) is 3. The number of carboxylic acids is 1. The first-order valence-corrected chi connectivity index (χ1v) is 10.5. The van der Waals surface area contributed by atoms with Gasteiger partial charge in [-0.25, -0.2) is 0 Å². The Bertz CT molecular complexity index is 446. The second-order valence-electron chi connectivity index (χ2n) is 7.43. The lowest BCUT2D eigenvalue weighted by atomic mass is 9.89. The Kier molecular flexibility index (Phi) is 13.1. The SMILES string of the molecule is CCOCCCCCC/C=C/[C@@H]1C(C/C=C\CCCC(=O)O)[C@@H](O)C[C@H]1O. The third-order valence-corrected chi connectivity index (χ3v) is 5.22. The van der Waals surface area contributed by atoms with Crippen molar-refractivity contribution in [3.63, 3.8) is 0 Å². The van der Waals surface area contributed by atoms with Crippen LogP contribution in [-0.4, -0.2) is 46.7 Å². The molecule has 1 aliphatic carbocycles. The van der Waals surface area contributed by atoms with Crippen LogP contribution in [0.25, 0.3) is 0 Å². The van der Waals surface area contributed by atoms with Gasteiger partial charge in [-0.05, 0) is 51.4 Å². The van der Waals surface area contributed by atoms with E-state index in [0.29, 0.717) is 12.8 Å². The van der Waals surface area contributed by atoms with E-state index in [2.05, 4.69) is 12.2 Å². The Labute approximate surface area is 164 Å². The van der Waals surface area contributed by atoms with Crippen molar-refractivity contribution in [2.24, 2.45) is 11.8 Å². The molecule has 4 atom stereocenters. The number of aliphatic hydroxyl groups is 2. The number of hydrogen-bond acceptors (Lipinski definition) is 4. The molecule has 0 aliphatic heterocycles. The molecule has 0 saturated heterocycles. The number of unbranched alkanes of at least 4 members (excludes halogenated alkanes) is 5. The molecule has 5 nitrogen and oxygen atoms in total. The van der Waals surface area contributed by atoms with Gasteiger partial charge in [0.15, 0.2) is 0 Å². The monoisotopic (exact) mass is 382 g/mol. The number of aliphatic carboxylic acids is 1. The van der Waals surface area contributed by atoms with E-state index < -0.39 is 18.2 Å². The van der Waals surface area contributed by atoms with E-state index in [1.807, 2.05) is 19.1 Å². The van der Waals surface area contributed by atoms with Crippen LogP contribution in [0, 0.1) is 11.8 Å². The number of rotatable bonds is 15. The van der Waals surface area contributed by atoms with Crippen LogP contribution in [-0.2, 0) is 9.53 Å². The van der Waals surface area contributed by atoms with Crippen molar-refractivity contribution in [3.8, 4) is 0 Å². The van der Waals surface area contributed by atoms with Crippen molar-refractivity contribution in [2.75, 3.05) is 13.2 Å². The van der Waals surface area contributed by atoms with Crippen LogP contribution >= 0.6 is 0 Å². The van der Waals surface area contributed by atoms with Gasteiger partial charge in [0, 0.05) is 32.0 Å². The molecule has 27 heavy (non-hydrogen) atoms. The first-order chi connectivity index (χ1) is 13.1. The van der Waals surface area contributed by atoms with Gasteiger partial charge >= 0.3 is 5.97 Å². The molecule has 0 bridgehead atoms. The summed E-state index contributed by atoms with van der Waals surface area (Å²) in [6, 6.07) is 0. The van der Waals surface area contributed by atoms with Gasteiger partial charge in [-0.2, -0.15) is 0 Å². The van der Waals surface area contributed by atoms with Gasteiger partial charge in [0.25, 0.3) is 0 Å². The zero-order valence-corrected chi connectivity index (χ0v) is 16.8. The van der Waals surface area contributed by atoms with E-state index in [-0.39, 0.29) is 18.3 Å². The molecule has 1 saturated carbocycles. The highest BCUT2D eigenvalue weighted by atomic mass is 16.5. The predicted octanol–water partition coefficient (Wildman–Crippen LogP) is 4.09. The van der Waals surface area contributed by atoms with Gasteiger partial charge in [-0.3, -0.25) is 4.79 Å². The van der Waals surface area contributed by atoms with Gasteiger partial charge < -0.3 is 20.1 Å². The summed E-state index contributed by atoms with van der Waals surface area (Å²) >= 11 is 0. The van der Waals surface area contributed by atoms with Gasteiger partial charge in [-0.15, -0.1) is 0 Å². The molecule has 1 unspecified atom stereocenters. The lowest BCUT2D eigenvalue weighted by molar-refractivity contribution is -0.137. The van der Waals surface area contributed by atoms with Crippen molar-refractivity contribution in [1.29, 1.82) is 0 Å². The molecule has 1 rings (SSSR count). The second-order valence-corrected chi connectivity index (χ2v) is 7.43. The summed E-state index contributed by atoms with van der Waals surface area (Å²) in [5.74, 6) is -0.725. The van der Waals surface area contributed by atoms with Crippen LogP contribution in [0.3, 0.4) is 0 Å². The van der Waals surface area contributed by atoms with Crippen LogP contribution in [0.4, 0.5) is 0 Å². The minimum atomic E-state index is -0.766. The van der Waals surface area contributed by atoms with Gasteiger partial charge in [-0.1, -0.05) is 37.1 Å². The zero-order valence-electron chi connectivity index (χ0n) is 16.8. The normalized spacial score (nSPS) is 25.7. The highest BCUT2D eigenvalue weighted by Crippen LogP contribution is 2.36. The van der Waals surface area contributed by atoms with Gasteiger partial charge in [0.2, 0.25) is 0 Å². The summed E-state index contributed by atoms with van der Waals surface area (Å²) in [6.07, 6.45) is 15.6. The van der Waals surface area contributed by atoms with Crippen molar-refractivity contribution in [2.45, 2.75) is 83.3 Å². The molecule has 1 aliphatic rings. The molecule has 0 amide bonds. The lowest BCUT2D eigenvalue weighted by Crippen LogP contribution is -2.19. The summed E-state index contributed by atoms with van der Waals surface area (Å²) in [5, 5.41) is 29.1. The molecule has 156 valence electrons. The average Bonchev–Trinajstić information content (AvgIpc) is 2.89. The maximum Gasteiger partial charge on any atom is 0.303 e. The Morgan fingerprint density at radius 2 is 1.74 bits per heavy atom. The largest absolute Gasteiger partial charge is 0.481 e. The molecule has 5 heteroatoms. The van der Waals surface area contributed by atoms with Crippen LogP contribution in [0.5, 0.6) is 0 Å². The lowest BCUT2D eigenvalue weighted by Gasteiger charge is -2.19. The summed E-state index contributed by atoms with van der Waals surface area (Å²) in [7, 11) is 0. The Hall–Kier alpha value is -1.17. The standard InChI is InChI=1S/C22H38O5/c1-2-27-16-12-8-4-3-5-9-13-18-19(21(24)17-20(18)23)14-10-6-7-11-15-22(25)26/h6,9-10,13,18-21,23-24H,2-5,7-8,11-12,14-17H2,1H3,(H,25,26)/b10-6-,13-9+/t18-,19?,20-,21+/m1/s1. The van der Waals surface area contributed by atoms with E-state index >= 15 is 0 Å². The zero-order chi connectivity index (χ0) is 19.9. The van der Waals surface area contributed by atoms with E-state index in [0.717, 1.165) is 45.3 Å². The topological polar surface area (TPSA) is 87.0 Å². The first-order valence-electron chi connectivity index (χ1n) is 10.5. The summed E-state index contributed by atoms with van der Waals surface area (Å²) in [6.45, 7) is 3.66. The third-order valence-electron chi connectivity index (χ3n) is 5.22. The molecule has 0 aromatic heterocycles. The molecule has 3 N–H and O–H groups in total. The van der Waals surface area contributed by atoms with Crippen LogP contribution in [0.1, 0.15) is 71.1 Å². The summed E-state index contributed by atoms with van der Waals surface area (Å²) < 4.78 is 5.33. The van der Waals surface area contributed by atoms with Crippen molar-refractivity contribution < 1.29 is 24.9 Å². The first kappa shape index (κ1) is 23.9. The molecule has 0 heterocycles. The number of aliphatic hydroxyl groups excluding tert-OH is 2. The van der Waals surface area contributed by atoms with Crippen LogP contribution < -0.4 is 0 Å². The molecule has 0 spiro atoms. The summed E-state index contributed by atoms with van der Waals surface area (Å²) in [4.78, 5) is 10.5. The fourth-order valence-corrected chi connectivity index (χ4v) is 3.67. The van der Waals surface area contributed by atoms with Gasteiger partial charge in [0.05, 0.1) is 12.2 Å². The van der Waals surface area contributed by atoms with Gasteiger partial charge in [0.1, 0.15) is 0 Å². The van der Waals surface area contributed by atoms with E-state index in [4.69, 9.17) is 9.84 Å². The molecule has 1 fully saturated rings. The average molecular weight is 383 g/mol. The third kappa shape index (κ3) is 10.7. The number of carbonyl (C=O) groups is 1. The number of carboxylic acid groups (broad SMARTS) is 1. The highest BCUT2D eigenvalue weighted by Gasteiger charge is 2.39. The minimum Gasteiger partial charge on any atom is -0.481 e.